The van der Waals surface area contributed by atoms with Gasteiger partial charge in [-0.15, -0.1) is 0 Å². The molecule has 1 aromatic heterocycles. The number of nitriles is 1. The molecule has 3 rings (SSSR count). The Bertz CT molecular complexity index is 877. The van der Waals surface area contributed by atoms with Gasteiger partial charge in [-0.05, 0) is 42.8 Å². The highest BCUT2D eigenvalue weighted by Gasteiger charge is 2.07. The van der Waals surface area contributed by atoms with Crippen molar-refractivity contribution in [3.63, 3.8) is 0 Å². The number of para-hydroxylation sites is 1. The molecule has 0 atom stereocenters. The summed E-state index contributed by atoms with van der Waals surface area (Å²) in [5, 5.41) is 17.5. The number of hydrogen-bond donors (Lipinski definition) is 1. The molecule has 114 valence electrons. The zero-order chi connectivity index (χ0) is 16.2. The average molecular weight is 323 g/mol. The smallest absolute Gasteiger partial charge is 0.101 e. The highest BCUT2D eigenvalue weighted by Crippen LogP contribution is 2.22. The van der Waals surface area contributed by atoms with Gasteiger partial charge in [-0.3, -0.25) is 0 Å². The molecule has 23 heavy (non-hydrogen) atoms. The van der Waals surface area contributed by atoms with E-state index in [4.69, 9.17) is 11.6 Å². The zero-order valence-corrected chi connectivity index (χ0v) is 13.4. The summed E-state index contributed by atoms with van der Waals surface area (Å²) in [6.45, 7) is 2.53. The van der Waals surface area contributed by atoms with Crippen molar-refractivity contribution in [1.29, 1.82) is 5.26 Å². The number of hydrogen-bond acceptors (Lipinski definition) is 3. The van der Waals surface area contributed by atoms with Gasteiger partial charge < -0.3 is 5.32 Å². The molecular weight excluding hydrogens is 308 g/mol. The van der Waals surface area contributed by atoms with Crippen molar-refractivity contribution in [2.75, 3.05) is 5.32 Å². The van der Waals surface area contributed by atoms with Gasteiger partial charge in [-0.25, -0.2) is 4.68 Å². The lowest BCUT2D eigenvalue weighted by Gasteiger charge is -2.12. The Kier molecular flexibility index (Phi) is 4.31. The number of nitrogens with zero attached hydrogens (tertiary/aromatic N) is 3. The second kappa shape index (κ2) is 6.55. The van der Waals surface area contributed by atoms with E-state index >= 15 is 0 Å². The number of aromatic nitrogens is 2. The molecule has 0 aliphatic heterocycles. The van der Waals surface area contributed by atoms with E-state index in [-0.39, 0.29) is 0 Å². The van der Waals surface area contributed by atoms with Gasteiger partial charge in [0.25, 0.3) is 0 Å². The average Bonchev–Trinajstić information content (AvgIpc) is 2.99. The molecular formula is C18H15ClN4. The van der Waals surface area contributed by atoms with Crippen molar-refractivity contribution in [3.8, 4) is 11.8 Å². The first-order valence-electron chi connectivity index (χ1n) is 7.21. The van der Waals surface area contributed by atoms with Crippen molar-refractivity contribution in [3.05, 3.63) is 76.6 Å². The Hall–Kier alpha value is -2.77. The van der Waals surface area contributed by atoms with E-state index in [0.29, 0.717) is 17.1 Å². The summed E-state index contributed by atoms with van der Waals surface area (Å²) in [7, 11) is 0. The van der Waals surface area contributed by atoms with Crippen molar-refractivity contribution >= 4 is 17.3 Å². The lowest BCUT2D eigenvalue weighted by atomic mass is 10.1. The van der Waals surface area contributed by atoms with Crippen LogP contribution in [0.4, 0.5) is 5.69 Å². The number of aryl methyl sites for hydroxylation is 1. The monoisotopic (exact) mass is 322 g/mol. The molecule has 0 amide bonds. The van der Waals surface area contributed by atoms with Crippen LogP contribution in [0.5, 0.6) is 0 Å². The zero-order valence-electron chi connectivity index (χ0n) is 12.6. The normalized spacial score (nSPS) is 10.3. The third kappa shape index (κ3) is 3.36. The fourth-order valence-electron chi connectivity index (χ4n) is 2.38. The highest BCUT2D eigenvalue weighted by atomic mass is 35.5. The minimum atomic E-state index is 0.571. The minimum absolute atomic E-state index is 0.571. The van der Waals surface area contributed by atoms with Crippen molar-refractivity contribution in [1.82, 2.24) is 9.78 Å². The SMILES string of the molecule is Cc1ccn(-c2ccccc2CNc2cc(Cl)ccc2C#N)n1. The molecule has 1 N–H and O–H groups in total. The van der Waals surface area contributed by atoms with E-state index in [1.807, 2.05) is 48.1 Å². The summed E-state index contributed by atoms with van der Waals surface area (Å²) >= 11 is 6.02. The maximum Gasteiger partial charge on any atom is 0.101 e. The van der Waals surface area contributed by atoms with E-state index in [2.05, 4.69) is 16.5 Å². The molecule has 0 spiro atoms. The quantitative estimate of drug-likeness (QED) is 0.778. The first kappa shape index (κ1) is 15.1. The van der Waals surface area contributed by atoms with Crippen LogP contribution in [-0.2, 0) is 6.54 Å². The van der Waals surface area contributed by atoms with Crippen LogP contribution in [-0.4, -0.2) is 9.78 Å². The second-order valence-corrected chi connectivity index (χ2v) is 5.62. The van der Waals surface area contributed by atoms with Crippen molar-refractivity contribution in [2.24, 2.45) is 0 Å². The molecule has 0 aliphatic carbocycles. The summed E-state index contributed by atoms with van der Waals surface area (Å²) in [6.07, 6.45) is 1.94. The number of rotatable bonds is 4. The minimum Gasteiger partial charge on any atom is -0.380 e. The molecule has 0 saturated carbocycles. The maximum atomic E-state index is 9.19. The van der Waals surface area contributed by atoms with Crippen LogP contribution in [0.15, 0.2) is 54.7 Å². The predicted octanol–water partition coefficient (Wildman–Crippen LogP) is 4.32. The Morgan fingerprint density at radius 1 is 1.22 bits per heavy atom. The molecule has 0 saturated heterocycles. The maximum absolute atomic E-state index is 9.19. The van der Waals surface area contributed by atoms with Gasteiger partial charge >= 0.3 is 0 Å². The molecule has 3 aromatic rings. The number of anilines is 1. The molecule has 0 bridgehead atoms. The van der Waals surface area contributed by atoms with Crippen LogP contribution in [0.2, 0.25) is 5.02 Å². The topological polar surface area (TPSA) is 53.6 Å². The fraction of sp³-hybridized carbons (Fsp3) is 0.111. The van der Waals surface area contributed by atoms with Gasteiger partial charge in [0.15, 0.2) is 0 Å². The molecule has 1 heterocycles. The van der Waals surface area contributed by atoms with Crippen LogP contribution in [0.3, 0.4) is 0 Å². The van der Waals surface area contributed by atoms with Crippen LogP contribution in [0, 0.1) is 18.3 Å². The predicted molar refractivity (Wildman–Crippen MR) is 91.8 cm³/mol. The Morgan fingerprint density at radius 3 is 2.78 bits per heavy atom. The molecule has 0 aliphatic rings. The summed E-state index contributed by atoms with van der Waals surface area (Å²) in [5.41, 5.74) is 4.36. The largest absolute Gasteiger partial charge is 0.380 e. The lowest BCUT2D eigenvalue weighted by molar-refractivity contribution is 0.848. The molecule has 0 unspecified atom stereocenters. The summed E-state index contributed by atoms with van der Waals surface area (Å²) in [6, 6.07) is 17.4. The van der Waals surface area contributed by atoms with Crippen molar-refractivity contribution in [2.45, 2.75) is 13.5 Å². The Balaban J connectivity index is 1.88. The van der Waals surface area contributed by atoms with Gasteiger partial charge in [-0.2, -0.15) is 10.4 Å². The van der Waals surface area contributed by atoms with Gasteiger partial charge in [0.2, 0.25) is 0 Å². The Morgan fingerprint density at radius 2 is 2.04 bits per heavy atom. The van der Waals surface area contributed by atoms with E-state index in [9.17, 15) is 5.26 Å². The third-order valence-corrected chi connectivity index (χ3v) is 3.77. The second-order valence-electron chi connectivity index (χ2n) is 5.19. The van der Waals surface area contributed by atoms with Gasteiger partial charge in [-0.1, -0.05) is 29.8 Å². The van der Waals surface area contributed by atoms with E-state index < -0.39 is 0 Å². The molecule has 4 nitrogen and oxygen atoms in total. The van der Waals surface area contributed by atoms with E-state index in [1.165, 1.54) is 0 Å². The third-order valence-electron chi connectivity index (χ3n) is 3.53. The standard InChI is InChI=1S/C18H15ClN4/c1-13-8-9-23(22-13)18-5-3-2-4-15(18)12-21-17-10-16(19)7-6-14(17)11-20/h2-10,21H,12H2,1H3. The molecule has 2 aromatic carbocycles. The van der Waals surface area contributed by atoms with Gasteiger partial charge in [0, 0.05) is 17.8 Å². The molecule has 0 radical (unpaired) electrons. The summed E-state index contributed by atoms with van der Waals surface area (Å²) < 4.78 is 1.86. The number of benzene rings is 2. The van der Waals surface area contributed by atoms with Gasteiger partial charge in [0.05, 0.1) is 22.6 Å². The molecule has 0 fully saturated rings. The summed E-state index contributed by atoms with van der Waals surface area (Å²) in [5.74, 6) is 0. The van der Waals surface area contributed by atoms with Crippen LogP contribution in [0.25, 0.3) is 5.69 Å². The van der Waals surface area contributed by atoms with Crippen molar-refractivity contribution < 1.29 is 0 Å². The van der Waals surface area contributed by atoms with Crippen LogP contribution in [0.1, 0.15) is 16.8 Å². The first-order valence-corrected chi connectivity index (χ1v) is 7.59. The first-order chi connectivity index (χ1) is 11.2. The highest BCUT2D eigenvalue weighted by molar-refractivity contribution is 6.30. The Labute approximate surface area is 139 Å². The number of halogens is 1. The fourth-order valence-corrected chi connectivity index (χ4v) is 2.56. The lowest BCUT2D eigenvalue weighted by Crippen LogP contribution is -2.06. The molecule has 5 heteroatoms. The van der Waals surface area contributed by atoms with Crippen LogP contribution >= 0.6 is 11.6 Å². The van der Waals surface area contributed by atoms with E-state index in [1.54, 1.807) is 18.2 Å². The van der Waals surface area contributed by atoms with Crippen LogP contribution < -0.4 is 5.32 Å². The summed E-state index contributed by atoms with van der Waals surface area (Å²) in [4.78, 5) is 0. The number of nitrogens with one attached hydrogen (secondary N) is 1. The van der Waals surface area contributed by atoms with Gasteiger partial charge in [0.1, 0.15) is 6.07 Å². The van der Waals surface area contributed by atoms with E-state index in [0.717, 1.165) is 22.6 Å².